The number of carboxylic acid groups (broad SMARTS) is 1. The number of carbonyl (C=O) groups is 3. The number of hydrogen-bond donors (Lipinski definition) is 2. The summed E-state index contributed by atoms with van der Waals surface area (Å²) in [5.41, 5.74) is 0. The van der Waals surface area contributed by atoms with E-state index < -0.39 is 12.0 Å². The zero-order valence-corrected chi connectivity index (χ0v) is 15.3. The molecule has 0 bridgehead atoms. The van der Waals surface area contributed by atoms with Crippen molar-refractivity contribution in [3.8, 4) is 0 Å². The first-order valence-electron chi connectivity index (χ1n) is 8.55. The van der Waals surface area contributed by atoms with E-state index in [-0.39, 0.29) is 24.9 Å². The van der Waals surface area contributed by atoms with Crippen molar-refractivity contribution < 1.29 is 19.5 Å². The van der Waals surface area contributed by atoms with Crippen LogP contribution in [0.5, 0.6) is 0 Å². The fourth-order valence-electron chi connectivity index (χ4n) is 2.94. The molecule has 1 aromatic rings. The van der Waals surface area contributed by atoms with Gasteiger partial charge in [-0.1, -0.05) is 12.5 Å². The first-order chi connectivity index (χ1) is 12.0. The largest absolute Gasteiger partial charge is 0.480 e. The third-order valence-corrected chi connectivity index (χ3v) is 5.22. The van der Waals surface area contributed by atoms with Crippen molar-refractivity contribution in [2.24, 2.45) is 0 Å². The topological polar surface area (TPSA) is 90.0 Å². The van der Waals surface area contributed by atoms with Crippen molar-refractivity contribution in [3.05, 3.63) is 22.4 Å². The zero-order valence-electron chi connectivity index (χ0n) is 14.4. The lowest BCUT2D eigenvalue weighted by atomic mass is 10.0. The Morgan fingerprint density at radius 1 is 1.40 bits per heavy atom. The lowest BCUT2D eigenvalue weighted by molar-refractivity contribution is -0.147. The number of likely N-dealkylation sites (N-methyl/N-ethyl adjacent to an activating group) is 1. The minimum Gasteiger partial charge on any atom is -0.480 e. The van der Waals surface area contributed by atoms with E-state index in [1.54, 1.807) is 16.2 Å². The molecular weight excluding hydrogens is 342 g/mol. The number of nitrogens with zero attached hydrogens (tertiary/aromatic N) is 2. The predicted molar refractivity (Wildman–Crippen MR) is 95.3 cm³/mol. The van der Waals surface area contributed by atoms with E-state index in [2.05, 4.69) is 5.32 Å². The summed E-state index contributed by atoms with van der Waals surface area (Å²) in [7, 11) is 0. The Balaban J connectivity index is 1.84. The van der Waals surface area contributed by atoms with Crippen LogP contribution in [-0.4, -0.2) is 64.9 Å². The molecule has 0 radical (unpaired) electrons. The molecule has 8 heteroatoms. The normalized spacial score (nSPS) is 17.9. The van der Waals surface area contributed by atoms with Crippen molar-refractivity contribution in [1.82, 2.24) is 15.1 Å². The van der Waals surface area contributed by atoms with Crippen LogP contribution in [-0.2, 0) is 20.9 Å². The SMILES string of the molecule is CCN(CC(=O)NCc1cccs1)C(=O)CN1CCCCC1C(=O)O. The smallest absolute Gasteiger partial charge is 0.320 e. The average molecular weight is 367 g/mol. The summed E-state index contributed by atoms with van der Waals surface area (Å²) in [5.74, 6) is -1.30. The van der Waals surface area contributed by atoms with E-state index >= 15 is 0 Å². The van der Waals surface area contributed by atoms with Gasteiger partial charge in [0, 0.05) is 11.4 Å². The Bertz CT molecular complexity index is 591. The lowest BCUT2D eigenvalue weighted by Crippen LogP contribution is -2.51. The van der Waals surface area contributed by atoms with Gasteiger partial charge in [-0.2, -0.15) is 0 Å². The van der Waals surface area contributed by atoms with Gasteiger partial charge in [0.2, 0.25) is 11.8 Å². The summed E-state index contributed by atoms with van der Waals surface area (Å²) in [6.45, 7) is 3.32. The third-order valence-electron chi connectivity index (χ3n) is 4.35. The number of hydrogen-bond acceptors (Lipinski definition) is 5. The Labute approximate surface area is 151 Å². The minimum absolute atomic E-state index is 0.00765. The Morgan fingerprint density at radius 3 is 2.84 bits per heavy atom. The zero-order chi connectivity index (χ0) is 18.2. The number of likely N-dealkylation sites (tertiary alicyclic amines) is 1. The van der Waals surface area contributed by atoms with Gasteiger partial charge in [-0.15, -0.1) is 11.3 Å². The molecule has 1 aromatic heterocycles. The van der Waals surface area contributed by atoms with Gasteiger partial charge in [0.15, 0.2) is 0 Å². The summed E-state index contributed by atoms with van der Waals surface area (Å²) < 4.78 is 0. The summed E-state index contributed by atoms with van der Waals surface area (Å²) in [6, 6.07) is 3.26. The van der Waals surface area contributed by atoms with Crippen LogP contribution in [0.15, 0.2) is 17.5 Å². The number of amides is 2. The molecule has 138 valence electrons. The van der Waals surface area contributed by atoms with E-state index in [1.165, 1.54) is 4.90 Å². The van der Waals surface area contributed by atoms with Crippen molar-refractivity contribution in [2.75, 3.05) is 26.2 Å². The second-order valence-electron chi connectivity index (χ2n) is 6.08. The molecule has 25 heavy (non-hydrogen) atoms. The minimum atomic E-state index is -0.885. The number of thiophene rings is 1. The highest BCUT2D eigenvalue weighted by atomic mass is 32.1. The molecule has 1 fully saturated rings. The number of aliphatic carboxylic acids is 1. The monoisotopic (exact) mass is 367 g/mol. The van der Waals surface area contributed by atoms with E-state index in [0.717, 1.165) is 17.7 Å². The summed E-state index contributed by atoms with van der Waals surface area (Å²) >= 11 is 1.56. The van der Waals surface area contributed by atoms with Crippen LogP contribution in [0.2, 0.25) is 0 Å². The van der Waals surface area contributed by atoms with E-state index in [4.69, 9.17) is 0 Å². The fraction of sp³-hybridized carbons (Fsp3) is 0.588. The summed E-state index contributed by atoms with van der Waals surface area (Å²) in [5, 5.41) is 14.0. The molecule has 0 saturated carbocycles. The third kappa shape index (κ3) is 5.82. The summed E-state index contributed by atoms with van der Waals surface area (Å²) in [6.07, 6.45) is 2.32. The highest BCUT2D eigenvalue weighted by molar-refractivity contribution is 7.09. The van der Waals surface area contributed by atoms with Crippen molar-refractivity contribution >= 4 is 29.1 Å². The van der Waals surface area contributed by atoms with Gasteiger partial charge in [0.05, 0.1) is 19.6 Å². The molecule has 2 heterocycles. The molecule has 0 aliphatic carbocycles. The van der Waals surface area contributed by atoms with E-state index in [1.807, 2.05) is 24.4 Å². The molecule has 7 nitrogen and oxygen atoms in total. The predicted octanol–water partition coefficient (Wildman–Crippen LogP) is 1.15. The first-order valence-corrected chi connectivity index (χ1v) is 9.43. The maximum Gasteiger partial charge on any atom is 0.320 e. The lowest BCUT2D eigenvalue weighted by Gasteiger charge is -2.33. The molecular formula is C17H25N3O4S. The van der Waals surface area contributed by atoms with Gasteiger partial charge in [-0.3, -0.25) is 19.3 Å². The average Bonchev–Trinajstić information content (AvgIpc) is 3.11. The van der Waals surface area contributed by atoms with Crippen LogP contribution in [0.25, 0.3) is 0 Å². The van der Waals surface area contributed by atoms with Crippen LogP contribution in [0.1, 0.15) is 31.1 Å². The van der Waals surface area contributed by atoms with Gasteiger partial charge >= 0.3 is 5.97 Å². The van der Waals surface area contributed by atoms with Crippen LogP contribution in [0, 0.1) is 0 Å². The van der Waals surface area contributed by atoms with Gasteiger partial charge < -0.3 is 15.3 Å². The molecule has 0 aromatic carbocycles. The van der Waals surface area contributed by atoms with Gasteiger partial charge in [0.25, 0.3) is 0 Å². The Hall–Kier alpha value is -1.93. The molecule has 1 saturated heterocycles. The van der Waals surface area contributed by atoms with Crippen LogP contribution in [0.4, 0.5) is 0 Å². The van der Waals surface area contributed by atoms with Gasteiger partial charge in [-0.05, 0) is 37.8 Å². The fourth-order valence-corrected chi connectivity index (χ4v) is 3.58. The second-order valence-corrected chi connectivity index (χ2v) is 7.12. The molecule has 2 N–H and O–H groups in total. The number of carbonyl (C=O) groups excluding carboxylic acids is 2. The summed E-state index contributed by atoms with van der Waals surface area (Å²) in [4.78, 5) is 40.1. The Morgan fingerprint density at radius 2 is 2.20 bits per heavy atom. The van der Waals surface area contributed by atoms with E-state index in [9.17, 15) is 19.5 Å². The molecule has 1 atom stereocenters. The van der Waals surface area contributed by atoms with Gasteiger partial charge in [-0.25, -0.2) is 0 Å². The van der Waals surface area contributed by atoms with Crippen LogP contribution < -0.4 is 5.32 Å². The highest BCUT2D eigenvalue weighted by Gasteiger charge is 2.30. The molecule has 0 spiro atoms. The first kappa shape index (κ1) is 19.4. The maximum absolute atomic E-state index is 12.5. The van der Waals surface area contributed by atoms with E-state index in [0.29, 0.717) is 26.1 Å². The van der Waals surface area contributed by atoms with Crippen molar-refractivity contribution in [2.45, 2.75) is 38.8 Å². The molecule has 1 aliphatic rings. The highest BCUT2D eigenvalue weighted by Crippen LogP contribution is 2.17. The number of piperidine rings is 1. The number of nitrogens with one attached hydrogen (secondary N) is 1. The molecule has 2 amide bonds. The maximum atomic E-state index is 12.5. The number of rotatable bonds is 8. The number of carboxylic acids is 1. The molecule has 1 aliphatic heterocycles. The van der Waals surface area contributed by atoms with Crippen molar-refractivity contribution in [1.29, 1.82) is 0 Å². The van der Waals surface area contributed by atoms with Crippen molar-refractivity contribution in [3.63, 3.8) is 0 Å². The molecule has 2 rings (SSSR count). The standard InChI is InChI=1S/C17H25N3O4S/c1-2-19(11-15(21)18-10-13-6-5-9-25-13)16(22)12-20-8-4-3-7-14(20)17(23)24/h5-6,9,14H,2-4,7-8,10-12H2,1H3,(H,18,21)(H,23,24). The van der Waals surface area contributed by atoms with Crippen LogP contribution in [0.3, 0.4) is 0 Å². The van der Waals surface area contributed by atoms with Crippen LogP contribution >= 0.6 is 11.3 Å². The second kappa shape index (κ2) is 9.53. The quantitative estimate of drug-likeness (QED) is 0.719. The van der Waals surface area contributed by atoms with Gasteiger partial charge in [0.1, 0.15) is 6.04 Å². The molecule has 1 unspecified atom stereocenters. The Kier molecular flexibility index (Phi) is 7.39.